The zero-order valence-electron chi connectivity index (χ0n) is 14.7. The van der Waals surface area contributed by atoms with Gasteiger partial charge in [0.15, 0.2) is 5.75 Å². The molecule has 0 fully saturated rings. The lowest BCUT2D eigenvalue weighted by Gasteiger charge is -2.23. The number of aliphatic imine (C=N–C) groups is 1. The second kappa shape index (κ2) is 7.94. The van der Waals surface area contributed by atoms with Crippen LogP contribution in [0.5, 0.6) is 11.5 Å². The minimum Gasteiger partial charge on any atom is -0.454 e. The number of hydrogen-bond donors (Lipinski definition) is 2. The Morgan fingerprint density at radius 3 is 2.59 bits per heavy atom. The monoisotopic (exact) mass is 395 g/mol. The topological polar surface area (TPSA) is 45.6 Å². The van der Waals surface area contributed by atoms with E-state index in [1.807, 2.05) is 55.5 Å². The summed E-state index contributed by atoms with van der Waals surface area (Å²) in [6.07, 6.45) is 0. The number of hydrogen-bond acceptors (Lipinski definition) is 3. The Kier molecular flexibility index (Phi) is 5.23. The minimum atomic E-state index is 0.576. The molecule has 136 valence electrons. The van der Waals surface area contributed by atoms with Gasteiger partial charge in [0.2, 0.25) is 5.96 Å². The quantitative estimate of drug-likeness (QED) is 0.530. The number of anilines is 1. The van der Waals surface area contributed by atoms with E-state index < -0.39 is 0 Å². The summed E-state index contributed by atoms with van der Waals surface area (Å²) >= 11 is 7.78. The number of guanidine groups is 1. The van der Waals surface area contributed by atoms with Crippen LogP contribution >= 0.6 is 23.5 Å². The molecule has 0 amide bonds. The van der Waals surface area contributed by atoms with Crippen molar-refractivity contribution in [2.75, 3.05) is 5.32 Å². The largest absolute Gasteiger partial charge is 0.454 e. The van der Waals surface area contributed by atoms with Crippen LogP contribution in [0.3, 0.4) is 0 Å². The summed E-state index contributed by atoms with van der Waals surface area (Å²) in [6.45, 7) is 2.64. The van der Waals surface area contributed by atoms with E-state index in [1.54, 1.807) is 0 Å². The molecule has 0 aromatic heterocycles. The normalized spacial score (nSPS) is 14.2. The Morgan fingerprint density at radius 1 is 1.00 bits per heavy atom. The van der Waals surface area contributed by atoms with Crippen molar-refractivity contribution in [1.82, 2.24) is 4.72 Å². The summed E-state index contributed by atoms with van der Waals surface area (Å²) in [4.78, 5) is 5.68. The molecule has 1 aliphatic rings. The van der Waals surface area contributed by atoms with E-state index in [4.69, 9.17) is 16.3 Å². The zero-order valence-corrected chi connectivity index (χ0v) is 16.3. The van der Waals surface area contributed by atoms with Crippen molar-refractivity contribution >= 4 is 35.2 Å². The minimum absolute atomic E-state index is 0.576. The van der Waals surface area contributed by atoms with Crippen LogP contribution in [0.25, 0.3) is 0 Å². The number of rotatable bonds is 4. The summed E-state index contributed by atoms with van der Waals surface area (Å²) in [5.41, 5.74) is 3.15. The Morgan fingerprint density at radius 2 is 1.78 bits per heavy atom. The molecule has 27 heavy (non-hydrogen) atoms. The SMILES string of the molecule is Cc1cc(Oc2ccccc2Cl)c2c(c1)SNC(=NCc1ccccc1)N2. The van der Waals surface area contributed by atoms with Crippen LogP contribution in [0.4, 0.5) is 5.69 Å². The average molecular weight is 396 g/mol. The van der Waals surface area contributed by atoms with Crippen molar-refractivity contribution in [3.05, 3.63) is 82.9 Å². The van der Waals surface area contributed by atoms with E-state index in [0.29, 0.717) is 23.3 Å². The Labute approximate surface area is 167 Å². The molecule has 0 spiro atoms. The third-order valence-corrected chi connectivity index (χ3v) is 5.18. The van der Waals surface area contributed by atoms with Gasteiger partial charge in [-0.3, -0.25) is 4.72 Å². The molecular weight excluding hydrogens is 378 g/mol. The summed E-state index contributed by atoms with van der Waals surface area (Å²) in [5, 5.41) is 3.93. The van der Waals surface area contributed by atoms with Gasteiger partial charge in [-0.1, -0.05) is 54.1 Å². The Hall–Kier alpha value is -2.63. The van der Waals surface area contributed by atoms with Gasteiger partial charge in [-0.2, -0.15) is 0 Å². The van der Waals surface area contributed by atoms with Gasteiger partial charge in [0.1, 0.15) is 5.75 Å². The lowest BCUT2D eigenvalue weighted by molar-refractivity contribution is 0.483. The molecule has 0 unspecified atom stereocenters. The van der Waals surface area contributed by atoms with Gasteiger partial charge in [0.05, 0.1) is 22.2 Å². The summed E-state index contributed by atoms with van der Waals surface area (Å²) in [5.74, 6) is 2.05. The van der Waals surface area contributed by atoms with E-state index in [1.165, 1.54) is 11.9 Å². The maximum absolute atomic E-state index is 6.26. The van der Waals surface area contributed by atoms with Crippen LogP contribution in [0.2, 0.25) is 5.02 Å². The van der Waals surface area contributed by atoms with Crippen molar-refractivity contribution in [3.8, 4) is 11.5 Å². The molecule has 4 nitrogen and oxygen atoms in total. The number of ether oxygens (including phenoxy) is 1. The molecule has 3 aromatic carbocycles. The first-order valence-corrected chi connectivity index (χ1v) is 9.74. The van der Waals surface area contributed by atoms with Crippen LogP contribution < -0.4 is 14.8 Å². The van der Waals surface area contributed by atoms with E-state index in [0.717, 1.165) is 27.5 Å². The van der Waals surface area contributed by atoms with Crippen LogP contribution in [0.15, 0.2) is 76.6 Å². The predicted molar refractivity (Wildman–Crippen MR) is 113 cm³/mol. The second-order valence-corrected chi connectivity index (χ2v) is 7.40. The third kappa shape index (κ3) is 4.21. The van der Waals surface area contributed by atoms with Gasteiger partial charge in [-0.25, -0.2) is 4.99 Å². The standard InChI is InChI=1S/C21H18ClN3OS/c1-14-11-18(26-17-10-6-5-9-16(17)22)20-19(12-14)27-25-21(24-20)23-13-15-7-3-2-4-8-15/h2-12H,13H2,1H3,(H2,23,24,25). The van der Waals surface area contributed by atoms with Crippen LogP contribution in [-0.4, -0.2) is 5.96 Å². The number of benzene rings is 3. The molecule has 0 atom stereocenters. The first-order valence-electron chi connectivity index (χ1n) is 8.54. The van der Waals surface area contributed by atoms with Gasteiger partial charge < -0.3 is 10.1 Å². The van der Waals surface area contributed by atoms with Gasteiger partial charge >= 0.3 is 0 Å². The molecule has 2 N–H and O–H groups in total. The molecule has 4 rings (SSSR count). The van der Waals surface area contributed by atoms with Crippen molar-refractivity contribution in [3.63, 3.8) is 0 Å². The van der Waals surface area contributed by atoms with E-state index in [2.05, 4.69) is 33.2 Å². The zero-order chi connectivity index (χ0) is 18.6. The van der Waals surface area contributed by atoms with Crippen molar-refractivity contribution in [2.24, 2.45) is 4.99 Å². The predicted octanol–water partition coefficient (Wildman–Crippen LogP) is 6.02. The van der Waals surface area contributed by atoms with Crippen LogP contribution in [0, 0.1) is 6.92 Å². The maximum Gasteiger partial charge on any atom is 0.206 e. The van der Waals surface area contributed by atoms with E-state index in [9.17, 15) is 0 Å². The number of aryl methyl sites for hydroxylation is 1. The first kappa shape index (κ1) is 17.8. The summed E-state index contributed by atoms with van der Waals surface area (Å²) < 4.78 is 9.36. The lowest BCUT2D eigenvalue weighted by atomic mass is 10.2. The summed E-state index contributed by atoms with van der Waals surface area (Å²) in [6, 6.07) is 21.7. The highest BCUT2D eigenvalue weighted by molar-refractivity contribution is 7.98. The van der Waals surface area contributed by atoms with Crippen molar-refractivity contribution < 1.29 is 4.74 Å². The van der Waals surface area contributed by atoms with Gasteiger partial charge in [0.25, 0.3) is 0 Å². The molecule has 0 aliphatic carbocycles. The number of fused-ring (bicyclic) bond motifs is 1. The highest BCUT2D eigenvalue weighted by Crippen LogP contribution is 2.41. The molecular formula is C21H18ClN3OS. The molecule has 0 saturated carbocycles. The number of para-hydroxylation sites is 1. The van der Waals surface area contributed by atoms with Crippen molar-refractivity contribution in [2.45, 2.75) is 18.4 Å². The molecule has 0 bridgehead atoms. The number of nitrogens with zero attached hydrogens (tertiary/aromatic N) is 1. The van der Waals surface area contributed by atoms with Crippen molar-refractivity contribution in [1.29, 1.82) is 0 Å². The number of halogens is 1. The van der Waals surface area contributed by atoms with Crippen LogP contribution in [-0.2, 0) is 6.54 Å². The number of nitrogens with one attached hydrogen (secondary N) is 2. The molecule has 0 saturated heterocycles. The molecule has 0 radical (unpaired) electrons. The molecule has 3 aromatic rings. The van der Waals surface area contributed by atoms with E-state index >= 15 is 0 Å². The highest BCUT2D eigenvalue weighted by atomic mass is 35.5. The maximum atomic E-state index is 6.26. The van der Waals surface area contributed by atoms with Crippen LogP contribution in [0.1, 0.15) is 11.1 Å². The Balaban J connectivity index is 1.61. The van der Waals surface area contributed by atoms with Gasteiger partial charge in [0, 0.05) is 0 Å². The lowest BCUT2D eigenvalue weighted by Crippen LogP contribution is -2.29. The fraction of sp³-hybridized carbons (Fsp3) is 0.0952. The molecule has 1 aliphatic heterocycles. The smallest absolute Gasteiger partial charge is 0.206 e. The third-order valence-electron chi connectivity index (χ3n) is 4.03. The fourth-order valence-corrected chi connectivity index (χ4v) is 3.72. The summed E-state index contributed by atoms with van der Waals surface area (Å²) in [7, 11) is 0. The molecule has 6 heteroatoms. The highest BCUT2D eigenvalue weighted by Gasteiger charge is 2.20. The van der Waals surface area contributed by atoms with Gasteiger partial charge in [-0.05, 0) is 54.3 Å². The van der Waals surface area contributed by atoms with Gasteiger partial charge in [-0.15, -0.1) is 0 Å². The second-order valence-electron chi connectivity index (χ2n) is 6.15. The first-order chi connectivity index (χ1) is 13.2. The Bertz CT molecular complexity index is 992. The average Bonchev–Trinajstić information content (AvgIpc) is 2.69. The van der Waals surface area contributed by atoms with E-state index in [-0.39, 0.29) is 0 Å². The fourth-order valence-electron chi connectivity index (χ4n) is 2.72. The molecule has 1 heterocycles.